The molecule has 3 rings (SSSR count). The molecule has 0 saturated heterocycles. The lowest BCUT2D eigenvalue weighted by Gasteiger charge is -2.07. The second kappa shape index (κ2) is 6.82. The third-order valence-electron chi connectivity index (χ3n) is 3.65. The van der Waals surface area contributed by atoms with Crippen LogP contribution < -0.4 is 5.32 Å². The zero-order valence-electron chi connectivity index (χ0n) is 13.7. The molecule has 1 amide bonds. The van der Waals surface area contributed by atoms with E-state index in [9.17, 15) is 26.7 Å². The van der Waals surface area contributed by atoms with Gasteiger partial charge in [0.25, 0.3) is 5.91 Å². The molecule has 27 heavy (non-hydrogen) atoms. The lowest BCUT2D eigenvalue weighted by atomic mass is 10.1. The summed E-state index contributed by atoms with van der Waals surface area (Å²) in [5, 5.41) is 2.32. The van der Waals surface area contributed by atoms with Crippen molar-refractivity contribution in [1.82, 2.24) is 4.98 Å². The van der Waals surface area contributed by atoms with Crippen LogP contribution in [0.25, 0.3) is 11.3 Å². The standard InChI is InChI=1S/C18H11F5N2O2/c1-9-15(25-17(27-9)18(21,22)23)10-5-7-11(8-6-10)24-16(26)14-12(19)3-2-4-13(14)20/h2-8H,1H3,(H,24,26). The number of aryl methyl sites for hydroxylation is 1. The predicted molar refractivity (Wildman–Crippen MR) is 86.0 cm³/mol. The second-order valence-electron chi connectivity index (χ2n) is 5.55. The Bertz CT molecular complexity index is 974. The second-order valence-corrected chi connectivity index (χ2v) is 5.55. The number of anilines is 1. The van der Waals surface area contributed by atoms with Gasteiger partial charge in [0, 0.05) is 11.3 Å². The molecule has 0 aliphatic heterocycles. The van der Waals surface area contributed by atoms with Crippen LogP contribution in [0, 0.1) is 18.6 Å². The molecular formula is C18H11F5N2O2. The molecule has 0 aliphatic rings. The van der Waals surface area contributed by atoms with Crippen molar-refractivity contribution in [3.8, 4) is 11.3 Å². The first-order valence-corrected chi connectivity index (χ1v) is 7.57. The van der Waals surface area contributed by atoms with E-state index in [-0.39, 0.29) is 17.1 Å². The number of rotatable bonds is 3. The van der Waals surface area contributed by atoms with E-state index in [0.29, 0.717) is 5.56 Å². The van der Waals surface area contributed by atoms with E-state index in [1.54, 1.807) is 0 Å². The number of carbonyl (C=O) groups is 1. The maximum absolute atomic E-state index is 13.6. The molecule has 3 aromatic rings. The van der Waals surface area contributed by atoms with E-state index < -0.39 is 35.2 Å². The van der Waals surface area contributed by atoms with Gasteiger partial charge in [0.2, 0.25) is 0 Å². The Kier molecular flexibility index (Phi) is 4.69. The van der Waals surface area contributed by atoms with Crippen molar-refractivity contribution in [2.45, 2.75) is 13.1 Å². The number of alkyl halides is 3. The summed E-state index contributed by atoms with van der Waals surface area (Å²) in [5.74, 6) is -4.39. The Labute approximate surface area is 149 Å². The molecule has 0 saturated carbocycles. The molecule has 1 N–H and O–H groups in total. The van der Waals surface area contributed by atoms with Gasteiger partial charge in [0.15, 0.2) is 0 Å². The molecular weight excluding hydrogens is 371 g/mol. The normalized spacial score (nSPS) is 11.5. The van der Waals surface area contributed by atoms with Gasteiger partial charge in [-0.2, -0.15) is 13.2 Å². The summed E-state index contributed by atoms with van der Waals surface area (Å²) in [6.45, 7) is 1.34. The van der Waals surface area contributed by atoms with E-state index in [0.717, 1.165) is 18.2 Å². The van der Waals surface area contributed by atoms with Crippen LogP contribution >= 0.6 is 0 Å². The highest BCUT2D eigenvalue weighted by Crippen LogP contribution is 2.33. The van der Waals surface area contributed by atoms with Crippen molar-refractivity contribution in [3.63, 3.8) is 0 Å². The van der Waals surface area contributed by atoms with Crippen LogP contribution in [0.15, 0.2) is 46.9 Å². The zero-order chi connectivity index (χ0) is 19.8. The molecule has 140 valence electrons. The van der Waals surface area contributed by atoms with Gasteiger partial charge < -0.3 is 9.73 Å². The Hall–Kier alpha value is -3.23. The minimum Gasteiger partial charge on any atom is -0.438 e. The van der Waals surface area contributed by atoms with E-state index in [4.69, 9.17) is 0 Å². The predicted octanol–water partition coefficient (Wildman–Crippen LogP) is 5.20. The minimum atomic E-state index is -4.71. The molecule has 0 spiro atoms. The maximum Gasteiger partial charge on any atom is 0.468 e. The van der Waals surface area contributed by atoms with Crippen LogP contribution in [0.5, 0.6) is 0 Å². The van der Waals surface area contributed by atoms with E-state index in [2.05, 4.69) is 14.7 Å². The van der Waals surface area contributed by atoms with Crippen molar-refractivity contribution >= 4 is 11.6 Å². The van der Waals surface area contributed by atoms with Gasteiger partial charge in [-0.15, -0.1) is 0 Å². The molecule has 0 fully saturated rings. The van der Waals surface area contributed by atoms with Crippen LogP contribution in [0.4, 0.5) is 27.6 Å². The molecule has 2 aromatic carbocycles. The van der Waals surface area contributed by atoms with Gasteiger partial charge in [-0.1, -0.05) is 18.2 Å². The minimum absolute atomic E-state index is 0.000324. The number of amides is 1. The summed E-state index contributed by atoms with van der Waals surface area (Å²) in [6.07, 6.45) is -4.71. The van der Waals surface area contributed by atoms with Crippen LogP contribution in [0.2, 0.25) is 0 Å². The number of nitrogens with zero attached hydrogens (tertiary/aromatic N) is 1. The maximum atomic E-state index is 13.6. The molecule has 0 bridgehead atoms. The van der Waals surface area contributed by atoms with Crippen LogP contribution in [-0.2, 0) is 6.18 Å². The summed E-state index contributed by atoms with van der Waals surface area (Å²) >= 11 is 0. The van der Waals surface area contributed by atoms with Crippen LogP contribution in [0.1, 0.15) is 22.0 Å². The summed E-state index contributed by atoms with van der Waals surface area (Å²) in [4.78, 5) is 15.5. The number of aromatic nitrogens is 1. The number of hydrogen-bond acceptors (Lipinski definition) is 3. The number of carbonyl (C=O) groups excluding carboxylic acids is 1. The average Bonchev–Trinajstić information content (AvgIpc) is 2.97. The third-order valence-corrected chi connectivity index (χ3v) is 3.65. The number of benzene rings is 2. The summed E-state index contributed by atoms with van der Waals surface area (Å²) in [6, 6.07) is 8.57. The Morgan fingerprint density at radius 3 is 2.15 bits per heavy atom. The first kappa shape index (κ1) is 18.6. The van der Waals surface area contributed by atoms with Crippen molar-refractivity contribution < 1.29 is 31.2 Å². The van der Waals surface area contributed by atoms with Crippen LogP contribution in [-0.4, -0.2) is 10.9 Å². The monoisotopic (exact) mass is 382 g/mol. The van der Waals surface area contributed by atoms with E-state index in [1.165, 1.54) is 31.2 Å². The highest BCUT2D eigenvalue weighted by molar-refractivity contribution is 6.04. The van der Waals surface area contributed by atoms with Gasteiger partial charge in [-0.05, 0) is 31.2 Å². The van der Waals surface area contributed by atoms with Gasteiger partial charge in [0.05, 0.1) is 0 Å². The quantitative estimate of drug-likeness (QED) is 0.634. The Balaban J connectivity index is 1.82. The van der Waals surface area contributed by atoms with Crippen molar-refractivity contribution in [2.24, 2.45) is 0 Å². The Morgan fingerprint density at radius 1 is 1.04 bits per heavy atom. The van der Waals surface area contributed by atoms with E-state index >= 15 is 0 Å². The SMILES string of the molecule is Cc1oc(C(F)(F)F)nc1-c1ccc(NC(=O)c2c(F)cccc2F)cc1. The zero-order valence-corrected chi connectivity index (χ0v) is 13.7. The van der Waals surface area contributed by atoms with Gasteiger partial charge in [-0.3, -0.25) is 4.79 Å². The fourth-order valence-electron chi connectivity index (χ4n) is 2.41. The van der Waals surface area contributed by atoms with Crippen molar-refractivity contribution in [2.75, 3.05) is 5.32 Å². The van der Waals surface area contributed by atoms with Gasteiger partial charge in [0.1, 0.15) is 28.7 Å². The smallest absolute Gasteiger partial charge is 0.438 e. The van der Waals surface area contributed by atoms with Gasteiger partial charge >= 0.3 is 12.1 Å². The topological polar surface area (TPSA) is 55.1 Å². The highest BCUT2D eigenvalue weighted by Gasteiger charge is 2.38. The molecule has 0 radical (unpaired) electrons. The first-order chi connectivity index (χ1) is 12.7. The number of nitrogens with one attached hydrogen (secondary N) is 1. The van der Waals surface area contributed by atoms with Gasteiger partial charge in [-0.25, -0.2) is 13.8 Å². The molecule has 0 aliphatic carbocycles. The molecule has 4 nitrogen and oxygen atoms in total. The fraction of sp³-hybridized carbons (Fsp3) is 0.111. The summed E-state index contributed by atoms with van der Waals surface area (Å²) < 4.78 is 69.9. The summed E-state index contributed by atoms with van der Waals surface area (Å²) in [7, 11) is 0. The number of halogens is 5. The molecule has 1 heterocycles. The molecule has 0 unspecified atom stereocenters. The highest BCUT2D eigenvalue weighted by atomic mass is 19.4. The number of hydrogen-bond donors (Lipinski definition) is 1. The lowest BCUT2D eigenvalue weighted by Crippen LogP contribution is -2.15. The van der Waals surface area contributed by atoms with Crippen molar-refractivity contribution in [1.29, 1.82) is 0 Å². The molecule has 1 aromatic heterocycles. The largest absolute Gasteiger partial charge is 0.468 e. The lowest BCUT2D eigenvalue weighted by molar-refractivity contribution is -0.157. The van der Waals surface area contributed by atoms with Crippen molar-refractivity contribution in [3.05, 3.63) is 71.3 Å². The first-order valence-electron chi connectivity index (χ1n) is 7.57. The third kappa shape index (κ3) is 3.81. The fourth-order valence-corrected chi connectivity index (χ4v) is 2.41. The van der Waals surface area contributed by atoms with Crippen LogP contribution in [0.3, 0.4) is 0 Å². The molecule has 9 heteroatoms. The average molecular weight is 382 g/mol. The molecule has 0 atom stereocenters. The van der Waals surface area contributed by atoms with E-state index in [1.807, 2.05) is 0 Å². The number of oxazole rings is 1. The Morgan fingerprint density at radius 2 is 1.63 bits per heavy atom. The summed E-state index contributed by atoms with van der Waals surface area (Å²) in [5.41, 5.74) is -0.213.